The molecule has 2 rings (SSSR count). The molecule has 0 aliphatic rings. The zero-order valence-corrected chi connectivity index (χ0v) is 16.7. The zero-order valence-electron chi connectivity index (χ0n) is 15.9. The van der Waals surface area contributed by atoms with Crippen molar-refractivity contribution < 1.29 is 23.9 Å². The van der Waals surface area contributed by atoms with Gasteiger partial charge in [-0.3, -0.25) is 14.9 Å². The number of imidazole rings is 1. The van der Waals surface area contributed by atoms with Gasteiger partial charge in [-0.25, -0.2) is 14.6 Å². The molecule has 1 aromatic heterocycles. The minimum Gasteiger partial charge on any atom is -0.452 e. The van der Waals surface area contributed by atoms with E-state index in [0.717, 1.165) is 0 Å². The summed E-state index contributed by atoms with van der Waals surface area (Å²) < 4.78 is 6.71. The summed E-state index contributed by atoms with van der Waals surface area (Å²) in [7, 11) is 1.82. The van der Waals surface area contributed by atoms with Gasteiger partial charge in [0.2, 0.25) is 5.91 Å². The van der Waals surface area contributed by atoms with E-state index in [9.17, 15) is 19.2 Å². The number of carbonyl (C=O) groups excluding carboxylic acids is 4. The molecule has 0 aliphatic carbocycles. The van der Waals surface area contributed by atoms with Gasteiger partial charge in [-0.1, -0.05) is 23.9 Å². The summed E-state index contributed by atoms with van der Waals surface area (Å²) >= 11 is 1.25. The first-order chi connectivity index (χ1) is 13.9. The second-order valence-corrected chi connectivity index (χ2v) is 6.63. The van der Waals surface area contributed by atoms with Crippen LogP contribution in [0.3, 0.4) is 0 Å². The standard InChI is InChI=1S/C18H21N5O5S/c1-3-19-17(27)22-14(24)10-28-16(26)12-6-4-5-7-13(12)21-15(25)11-29-18-20-8-9-23(18)2/h4-9H,3,10-11H2,1-2H3,(H,21,25)(H2,19,22,24,27). The number of thioether (sulfide) groups is 1. The molecule has 0 radical (unpaired) electrons. The summed E-state index contributed by atoms with van der Waals surface area (Å²) in [6.07, 6.45) is 3.40. The highest BCUT2D eigenvalue weighted by molar-refractivity contribution is 7.99. The van der Waals surface area contributed by atoms with E-state index in [1.54, 1.807) is 42.1 Å². The molecule has 0 unspecified atom stereocenters. The predicted molar refractivity (Wildman–Crippen MR) is 107 cm³/mol. The molecule has 154 valence electrons. The molecule has 0 atom stereocenters. The van der Waals surface area contributed by atoms with E-state index in [4.69, 9.17) is 4.74 Å². The molecule has 3 N–H and O–H groups in total. The number of nitrogens with zero attached hydrogens (tertiary/aromatic N) is 2. The van der Waals surface area contributed by atoms with Gasteiger partial charge in [-0.2, -0.15) is 0 Å². The second-order valence-electron chi connectivity index (χ2n) is 5.69. The number of carbonyl (C=O) groups is 4. The Bertz CT molecular complexity index is 898. The monoisotopic (exact) mass is 419 g/mol. The predicted octanol–water partition coefficient (Wildman–Crippen LogP) is 1.15. The summed E-state index contributed by atoms with van der Waals surface area (Å²) in [6, 6.07) is 5.59. The lowest BCUT2D eigenvalue weighted by molar-refractivity contribution is -0.123. The van der Waals surface area contributed by atoms with Crippen LogP contribution in [0.25, 0.3) is 0 Å². The topological polar surface area (TPSA) is 131 Å². The Kier molecular flexibility index (Phi) is 8.22. The molecular weight excluding hydrogens is 398 g/mol. The van der Waals surface area contributed by atoms with Crippen LogP contribution in [-0.2, 0) is 21.4 Å². The molecule has 1 heterocycles. The third-order valence-corrected chi connectivity index (χ3v) is 4.51. The zero-order chi connectivity index (χ0) is 21.2. The molecule has 10 nitrogen and oxygen atoms in total. The van der Waals surface area contributed by atoms with Gasteiger partial charge in [-0.05, 0) is 19.1 Å². The van der Waals surface area contributed by atoms with Crippen molar-refractivity contribution in [2.24, 2.45) is 7.05 Å². The number of hydrogen-bond donors (Lipinski definition) is 3. The van der Waals surface area contributed by atoms with Gasteiger partial charge in [0.25, 0.3) is 5.91 Å². The lowest BCUT2D eigenvalue weighted by Crippen LogP contribution is -2.41. The number of hydrogen-bond acceptors (Lipinski definition) is 7. The van der Waals surface area contributed by atoms with E-state index < -0.39 is 24.5 Å². The molecule has 0 aliphatic heterocycles. The van der Waals surface area contributed by atoms with Crippen molar-refractivity contribution >= 4 is 41.3 Å². The summed E-state index contributed by atoms with van der Waals surface area (Å²) in [5.74, 6) is -1.79. The van der Waals surface area contributed by atoms with E-state index in [0.29, 0.717) is 11.7 Å². The summed E-state index contributed by atoms with van der Waals surface area (Å²) in [5, 5.41) is 7.74. The lowest BCUT2D eigenvalue weighted by Gasteiger charge is -2.11. The van der Waals surface area contributed by atoms with Gasteiger partial charge in [0, 0.05) is 26.0 Å². The van der Waals surface area contributed by atoms with Crippen LogP contribution in [0, 0.1) is 0 Å². The first kappa shape index (κ1) is 22.0. The number of esters is 1. The van der Waals surface area contributed by atoms with Gasteiger partial charge in [0.1, 0.15) is 0 Å². The number of nitrogens with one attached hydrogen (secondary N) is 3. The Labute approximate surface area is 171 Å². The van der Waals surface area contributed by atoms with Gasteiger partial charge in [0.15, 0.2) is 11.8 Å². The fraction of sp³-hybridized carbons (Fsp3) is 0.278. The SMILES string of the molecule is CCNC(=O)NC(=O)COC(=O)c1ccccc1NC(=O)CSc1nccn1C. The lowest BCUT2D eigenvalue weighted by atomic mass is 10.2. The highest BCUT2D eigenvalue weighted by Gasteiger charge is 2.17. The number of benzene rings is 1. The molecule has 0 bridgehead atoms. The smallest absolute Gasteiger partial charge is 0.340 e. The van der Waals surface area contributed by atoms with Gasteiger partial charge in [-0.15, -0.1) is 0 Å². The third-order valence-electron chi connectivity index (χ3n) is 3.46. The molecule has 2 aromatic rings. The maximum Gasteiger partial charge on any atom is 0.340 e. The van der Waals surface area contributed by atoms with E-state index in [-0.39, 0.29) is 22.9 Å². The van der Waals surface area contributed by atoms with Crippen LogP contribution in [0.5, 0.6) is 0 Å². The Morgan fingerprint density at radius 1 is 1.17 bits per heavy atom. The summed E-state index contributed by atoms with van der Waals surface area (Å²) in [4.78, 5) is 51.5. The van der Waals surface area contributed by atoms with Crippen molar-refractivity contribution in [2.75, 3.05) is 24.2 Å². The molecule has 1 aromatic carbocycles. The number of para-hydroxylation sites is 1. The van der Waals surface area contributed by atoms with Crippen LogP contribution in [0.1, 0.15) is 17.3 Å². The van der Waals surface area contributed by atoms with Crippen molar-refractivity contribution in [3.63, 3.8) is 0 Å². The van der Waals surface area contributed by atoms with E-state index in [1.165, 1.54) is 17.8 Å². The van der Waals surface area contributed by atoms with Crippen molar-refractivity contribution in [3.8, 4) is 0 Å². The van der Waals surface area contributed by atoms with Gasteiger partial charge in [0.05, 0.1) is 17.0 Å². The maximum atomic E-state index is 12.3. The number of ether oxygens (including phenoxy) is 1. The van der Waals surface area contributed by atoms with Crippen LogP contribution in [-0.4, -0.2) is 52.3 Å². The molecule has 4 amide bonds. The first-order valence-corrected chi connectivity index (χ1v) is 9.63. The summed E-state index contributed by atoms with van der Waals surface area (Å²) in [6.45, 7) is 1.42. The Balaban J connectivity index is 1.90. The maximum absolute atomic E-state index is 12.3. The van der Waals surface area contributed by atoms with Crippen LogP contribution in [0.4, 0.5) is 10.5 Å². The number of imide groups is 1. The fourth-order valence-corrected chi connectivity index (χ4v) is 2.89. The Hall–Kier alpha value is -3.34. The molecule has 0 spiro atoms. The fourth-order valence-electron chi connectivity index (χ4n) is 2.15. The third kappa shape index (κ3) is 6.96. The van der Waals surface area contributed by atoms with Crippen molar-refractivity contribution in [1.82, 2.24) is 20.2 Å². The average Bonchev–Trinajstić information content (AvgIpc) is 3.10. The average molecular weight is 419 g/mol. The van der Waals surface area contributed by atoms with E-state index in [1.807, 2.05) is 12.4 Å². The summed E-state index contributed by atoms with van der Waals surface area (Å²) in [5.41, 5.74) is 0.348. The largest absolute Gasteiger partial charge is 0.452 e. The minimum absolute atomic E-state index is 0.0913. The number of rotatable bonds is 8. The molecule has 29 heavy (non-hydrogen) atoms. The van der Waals surface area contributed by atoms with Crippen molar-refractivity contribution in [2.45, 2.75) is 12.1 Å². The number of anilines is 1. The molecule has 0 saturated heterocycles. The molecular formula is C18H21N5O5S. The number of aryl methyl sites for hydroxylation is 1. The van der Waals surface area contributed by atoms with Crippen molar-refractivity contribution in [1.29, 1.82) is 0 Å². The van der Waals surface area contributed by atoms with Gasteiger partial charge < -0.3 is 19.9 Å². The van der Waals surface area contributed by atoms with Gasteiger partial charge >= 0.3 is 12.0 Å². The van der Waals surface area contributed by atoms with Crippen LogP contribution >= 0.6 is 11.8 Å². The van der Waals surface area contributed by atoms with Crippen molar-refractivity contribution in [3.05, 3.63) is 42.2 Å². The van der Waals surface area contributed by atoms with Crippen LogP contribution in [0.2, 0.25) is 0 Å². The highest BCUT2D eigenvalue weighted by atomic mass is 32.2. The Morgan fingerprint density at radius 2 is 1.93 bits per heavy atom. The minimum atomic E-state index is -0.802. The quantitative estimate of drug-likeness (QED) is 0.432. The van der Waals surface area contributed by atoms with E-state index in [2.05, 4.69) is 15.6 Å². The number of aromatic nitrogens is 2. The van der Waals surface area contributed by atoms with Crippen LogP contribution < -0.4 is 16.0 Å². The van der Waals surface area contributed by atoms with E-state index >= 15 is 0 Å². The molecule has 0 saturated carbocycles. The number of amides is 4. The molecule has 0 fully saturated rings. The number of urea groups is 1. The Morgan fingerprint density at radius 3 is 2.62 bits per heavy atom. The molecule has 11 heteroatoms. The normalized spacial score (nSPS) is 10.1. The van der Waals surface area contributed by atoms with Crippen LogP contribution in [0.15, 0.2) is 41.8 Å². The second kappa shape index (κ2) is 10.9. The highest BCUT2D eigenvalue weighted by Crippen LogP contribution is 2.18. The first-order valence-electron chi connectivity index (χ1n) is 8.64.